The van der Waals surface area contributed by atoms with E-state index in [1.54, 1.807) is 6.20 Å². The molecule has 0 unspecified atom stereocenters. The lowest BCUT2D eigenvalue weighted by Crippen LogP contribution is -2.39. The quantitative estimate of drug-likeness (QED) is 0.857. The van der Waals surface area contributed by atoms with E-state index in [1.165, 1.54) is 11.3 Å². The number of carbonyl (C=O) groups is 1. The SMILES string of the molecule is Cc1nc(NC(=O)CN[C@H](C)[C@@H](C)n2cccn2)sc1C. The third kappa shape index (κ3) is 4.12. The van der Waals surface area contributed by atoms with Gasteiger partial charge in [-0.2, -0.15) is 5.10 Å². The standard InChI is InChI=1S/C14H21N5OS/c1-9(11(3)19-7-5-6-16-19)15-8-13(20)18-14-17-10(2)12(4)21-14/h5-7,9,11,15H,8H2,1-4H3,(H,17,18,20)/t9-,11-/m1/s1. The average molecular weight is 307 g/mol. The van der Waals surface area contributed by atoms with Crippen LogP contribution < -0.4 is 10.6 Å². The molecule has 114 valence electrons. The first-order valence-electron chi connectivity index (χ1n) is 6.93. The van der Waals surface area contributed by atoms with E-state index in [4.69, 9.17) is 0 Å². The van der Waals surface area contributed by atoms with Gasteiger partial charge in [-0.05, 0) is 33.8 Å². The van der Waals surface area contributed by atoms with E-state index in [-0.39, 0.29) is 24.5 Å². The molecule has 7 heteroatoms. The van der Waals surface area contributed by atoms with E-state index in [9.17, 15) is 4.79 Å². The summed E-state index contributed by atoms with van der Waals surface area (Å²) in [7, 11) is 0. The molecule has 6 nitrogen and oxygen atoms in total. The molecular formula is C14H21N5OS. The second-order valence-corrected chi connectivity index (χ2v) is 6.31. The number of aromatic nitrogens is 3. The van der Waals surface area contributed by atoms with Gasteiger partial charge in [-0.25, -0.2) is 4.98 Å². The van der Waals surface area contributed by atoms with Crippen LogP contribution >= 0.6 is 11.3 Å². The van der Waals surface area contributed by atoms with Crippen LogP contribution in [0.2, 0.25) is 0 Å². The fraction of sp³-hybridized carbons (Fsp3) is 0.500. The van der Waals surface area contributed by atoms with Crippen LogP contribution in [0.25, 0.3) is 0 Å². The predicted octanol–water partition coefficient (Wildman–Crippen LogP) is 2.13. The summed E-state index contributed by atoms with van der Waals surface area (Å²) in [5, 5.41) is 10.9. The molecule has 2 N–H and O–H groups in total. The predicted molar refractivity (Wildman–Crippen MR) is 84.6 cm³/mol. The minimum atomic E-state index is -0.0803. The summed E-state index contributed by atoms with van der Waals surface area (Å²) in [6.45, 7) is 8.29. The van der Waals surface area contributed by atoms with Crippen LogP contribution in [0.3, 0.4) is 0 Å². The number of amides is 1. The number of thiazole rings is 1. The molecule has 21 heavy (non-hydrogen) atoms. The molecule has 0 aliphatic carbocycles. The first-order chi connectivity index (χ1) is 9.97. The summed E-state index contributed by atoms with van der Waals surface area (Å²) in [6.07, 6.45) is 3.67. The van der Waals surface area contributed by atoms with E-state index in [1.807, 2.05) is 37.7 Å². The van der Waals surface area contributed by atoms with Gasteiger partial charge in [0.1, 0.15) is 0 Å². The van der Waals surface area contributed by atoms with Gasteiger partial charge in [0.25, 0.3) is 0 Å². The Hall–Kier alpha value is -1.73. The lowest BCUT2D eigenvalue weighted by atomic mass is 10.2. The zero-order chi connectivity index (χ0) is 15.4. The second-order valence-electron chi connectivity index (χ2n) is 5.11. The monoisotopic (exact) mass is 307 g/mol. The number of nitrogens with zero attached hydrogens (tertiary/aromatic N) is 3. The normalized spacial score (nSPS) is 13.9. The van der Waals surface area contributed by atoms with E-state index in [0.717, 1.165) is 10.6 Å². The molecule has 1 amide bonds. The van der Waals surface area contributed by atoms with Gasteiger partial charge in [0, 0.05) is 23.3 Å². The smallest absolute Gasteiger partial charge is 0.240 e. The van der Waals surface area contributed by atoms with Crippen molar-refractivity contribution in [3.63, 3.8) is 0 Å². The van der Waals surface area contributed by atoms with Gasteiger partial charge in [-0.15, -0.1) is 11.3 Å². The Morgan fingerprint density at radius 1 is 1.43 bits per heavy atom. The van der Waals surface area contributed by atoms with Crippen molar-refractivity contribution in [1.82, 2.24) is 20.1 Å². The molecule has 0 aliphatic rings. The zero-order valence-electron chi connectivity index (χ0n) is 12.8. The van der Waals surface area contributed by atoms with Gasteiger partial charge >= 0.3 is 0 Å². The Balaban J connectivity index is 1.81. The van der Waals surface area contributed by atoms with Crippen molar-refractivity contribution in [2.75, 3.05) is 11.9 Å². The molecule has 2 aromatic rings. The van der Waals surface area contributed by atoms with E-state index < -0.39 is 0 Å². The fourth-order valence-corrected chi connectivity index (χ4v) is 2.70. The van der Waals surface area contributed by atoms with Gasteiger partial charge in [0.15, 0.2) is 5.13 Å². The fourth-order valence-electron chi connectivity index (χ4n) is 1.86. The molecule has 0 saturated carbocycles. The number of carbonyl (C=O) groups excluding carboxylic acids is 1. The van der Waals surface area contributed by atoms with Gasteiger partial charge in [0.2, 0.25) is 5.91 Å². The highest BCUT2D eigenvalue weighted by Gasteiger charge is 2.15. The van der Waals surface area contributed by atoms with Crippen molar-refractivity contribution >= 4 is 22.4 Å². The molecular weight excluding hydrogens is 286 g/mol. The number of nitrogens with one attached hydrogen (secondary N) is 2. The summed E-state index contributed by atoms with van der Waals surface area (Å²) in [5.41, 5.74) is 0.962. The molecule has 0 spiro atoms. The van der Waals surface area contributed by atoms with Crippen molar-refractivity contribution in [3.8, 4) is 0 Å². The molecule has 0 aromatic carbocycles. The largest absolute Gasteiger partial charge is 0.304 e. The summed E-state index contributed by atoms with van der Waals surface area (Å²) in [5.74, 6) is -0.0803. The number of anilines is 1. The van der Waals surface area contributed by atoms with Crippen LogP contribution in [-0.4, -0.2) is 33.3 Å². The number of aryl methyl sites for hydroxylation is 2. The Morgan fingerprint density at radius 3 is 2.76 bits per heavy atom. The van der Waals surface area contributed by atoms with Crippen molar-refractivity contribution in [2.45, 2.75) is 39.8 Å². The highest BCUT2D eigenvalue weighted by molar-refractivity contribution is 7.15. The maximum absolute atomic E-state index is 11.9. The Morgan fingerprint density at radius 2 is 2.19 bits per heavy atom. The third-order valence-corrected chi connectivity index (χ3v) is 4.51. The summed E-state index contributed by atoms with van der Waals surface area (Å²) in [6, 6.07) is 2.20. The molecule has 0 aliphatic heterocycles. The number of hydrogen-bond donors (Lipinski definition) is 2. The van der Waals surface area contributed by atoms with Crippen LogP contribution in [0.1, 0.15) is 30.5 Å². The molecule has 0 radical (unpaired) electrons. The van der Waals surface area contributed by atoms with Crippen LogP contribution in [0, 0.1) is 13.8 Å². The second kappa shape index (κ2) is 6.82. The summed E-state index contributed by atoms with van der Waals surface area (Å²) >= 11 is 1.50. The number of rotatable bonds is 6. The summed E-state index contributed by atoms with van der Waals surface area (Å²) < 4.78 is 1.88. The molecule has 0 bridgehead atoms. The topological polar surface area (TPSA) is 71.8 Å². The Labute approximate surface area is 128 Å². The average Bonchev–Trinajstić information content (AvgIpc) is 3.06. The Bertz CT molecular complexity index is 573. The highest BCUT2D eigenvalue weighted by Crippen LogP contribution is 2.20. The van der Waals surface area contributed by atoms with Crippen molar-refractivity contribution in [1.29, 1.82) is 0 Å². The van der Waals surface area contributed by atoms with Gasteiger partial charge < -0.3 is 10.6 Å². The minimum absolute atomic E-state index is 0.0803. The molecule has 0 saturated heterocycles. The van der Waals surface area contributed by atoms with Crippen LogP contribution in [0.5, 0.6) is 0 Å². The molecule has 2 heterocycles. The van der Waals surface area contributed by atoms with Gasteiger partial charge in [-0.1, -0.05) is 0 Å². The van der Waals surface area contributed by atoms with E-state index in [2.05, 4.69) is 27.6 Å². The highest BCUT2D eigenvalue weighted by atomic mass is 32.1. The van der Waals surface area contributed by atoms with Gasteiger partial charge in [-0.3, -0.25) is 9.48 Å². The van der Waals surface area contributed by atoms with E-state index >= 15 is 0 Å². The molecule has 2 atom stereocenters. The lowest BCUT2D eigenvalue weighted by molar-refractivity contribution is -0.115. The van der Waals surface area contributed by atoms with Crippen molar-refractivity contribution in [2.24, 2.45) is 0 Å². The maximum Gasteiger partial charge on any atom is 0.240 e. The van der Waals surface area contributed by atoms with Gasteiger partial charge in [0.05, 0.1) is 18.3 Å². The maximum atomic E-state index is 11.9. The van der Waals surface area contributed by atoms with Crippen LogP contribution in [-0.2, 0) is 4.79 Å². The number of hydrogen-bond acceptors (Lipinski definition) is 5. The van der Waals surface area contributed by atoms with Crippen LogP contribution in [0.4, 0.5) is 5.13 Å². The Kier molecular flexibility index (Phi) is 5.08. The van der Waals surface area contributed by atoms with Crippen LogP contribution in [0.15, 0.2) is 18.5 Å². The first-order valence-corrected chi connectivity index (χ1v) is 7.75. The third-order valence-electron chi connectivity index (χ3n) is 3.53. The molecule has 0 fully saturated rings. The molecule has 2 aromatic heterocycles. The minimum Gasteiger partial charge on any atom is -0.304 e. The van der Waals surface area contributed by atoms with E-state index in [0.29, 0.717) is 5.13 Å². The first kappa shape index (κ1) is 15.7. The lowest BCUT2D eigenvalue weighted by Gasteiger charge is -2.21. The molecule has 2 rings (SSSR count). The zero-order valence-corrected chi connectivity index (χ0v) is 13.6. The van der Waals surface area contributed by atoms with Crippen molar-refractivity contribution in [3.05, 3.63) is 29.0 Å². The summed E-state index contributed by atoms with van der Waals surface area (Å²) in [4.78, 5) is 17.3. The van der Waals surface area contributed by atoms with Crippen molar-refractivity contribution < 1.29 is 4.79 Å².